The Morgan fingerprint density at radius 1 is 1.20 bits per heavy atom. The smallest absolute Gasteiger partial charge is 0.0328 e. The molecule has 1 aliphatic heterocycles. The third kappa shape index (κ3) is 3.24. The van der Waals surface area contributed by atoms with Gasteiger partial charge in [0.1, 0.15) is 0 Å². The van der Waals surface area contributed by atoms with Crippen LogP contribution in [-0.2, 0) is 0 Å². The zero-order chi connectivity index (χ0) is 14.7. The highest BCUT2D eigenvalue weighted by atomic mass is 15.2. The van der Waals surface area contributed by atoms with Crippen LogP contribution in [0, 0.1) is 20.8 Å². The van der Waals surface area contributed by atoms with Crippen LogP contribution in [0.15, 0.2) is 12.1 Å². The van der Waals surface area contributed by atoms with E-state index in [1.165, 1.54) is 48.1 Å². The molecule has 0 saturated carbocycles. The lowest BCUT2D eigenvalue weighted by atomic mass is 9.90. The van der Waals surface area contributed by atoms with E-state index in [1.807, 2.05) is 0 Å². The molecule has 1 aliphatic rings. The second-order valence-corrected chi connectivity index (χ2v) is 6.45. The maximum atomic E-state index is 5.81. The highest BCUT2D eigenvalue weighted by Gasteiger charge is 2.28. The molecule has 2 rings (SSSR count). The largest absolute Gasteiger partial charge is 0.330 e. The number of likely N-dealkylation sites (tertiary alicyclic amines) is 1. The van der Waals surface area contributed by atoms with Crippen LogP contribution < -0.4 is 5.73 Å². The Labute approximate surface area is 124 Å². The second-order valence-electron chi connectivity index (χ2n) is 6.45. The van der Waals surface area contributed by atoms with E-state index in [9.17, 15) is 0 Å². The Hall–Kier alpha value is -0.860. The van der Waals surface area contributed by atoms with Crippen LogP contribution in [0.4, 0.5) is 0 Å². The van der Waals surface area contributed by atoms with Crippen LogP contribution in [-0.4, -0.2) is 24.0 Å². The molecular weight excluding hydrogens is 244 g/mol. The fourth-order valence-electron chi connectivity index (χ4n) is 4.05. The number of aryl methyl sites for hydroxylation is 3. The molecule has 2 atom stereocenters. The Kier molecular flexibility index (Phi) is 5.22. The highest BCUT2D eigenvalue weighted by molar-refractivity contribution is 5.39. The van der Waals surface area contributed by atoms with Gasteiger partial charge in [-0.1, -0.05) is 24.1 Å². The average Bonchev–Trinajstić information content (AvgIpc) is 2.38. The Bertz CT molecular complexity index is 428. The standard InChI is InChI=1S/C18H30N2/c1-13-11-14(2)18(15(3)12-13)16(4)20-10-6-5-7-17(20)8-9-19/h11-12,16-17H,5-10,19H2,1-4H3. The lowest BCUT2D eigenvalue weighted by molar-refractivity contribution is 0.0978. The number of rotatable bonds is 4. The molecule has 2 heteroatoms. The summed E-state index contributed by atoms with van der Waals surface area (Å²) in [7, 11) is 0. The van der Waals surface area contributed by atoms with Gasteiger partial charge >= 0.3 is 0 Å². The van der Waals surface area contributed by atoms with E-state index in [0.29, 0.717) is 12.1 Å². The molecule has 1 fully saturated rings. The van der Waals surface area contributed by atoms with E-state index in [-0.39, 0.29) is 0 Å². The first-order chi connectivity index (χ1) is 9.54. The first-order valence-electron chi connectivity index (χ1n) is 8.08. The van der Waals surface area contributed by atoms with Crippen molar-refractivity contribution in [1.29, 1.82) is 0 Å². The molecule has 2 nitrogen and oxygen atoms in total. The third-order valence-corrected chi connectivity index (χ3v) is 4.83. The summed E-state index contributed by atoms with van der Waals surface area (Å²) in [6.45, 7) is 11.1. The summed E-state index contributed by atoms with van der Waals surface area (Å²) in [5.41, 5.74) is 11.6. The first kappa shape index (κ1) is 15.5. The predicted octanol–water partition coefficient (Wildman–Crippen LogP) is 3.88. The highest BCUT2D eigenvalue weighted by Crippen LogP contribution is 2.33. The molecule has 1 saturated heterocycles. The summed E-state index contributed by atoms with van der Waals surface area (Å²) in [6, 6.07) is 5.82. The maximum absolute atomic E-state index is 5.81. The fraction of sp³-hybridized carbons (Fsp3) is 0.667. The van der Waals surface area contributed by atoms with Crippen LogP contribution in [0.2, 0.25) is 0 Å². The normalized spacial score (nSPS) is 21.9. The fourth-order valence-corrected chi connectivity index (χ4v) is 4.05. The van der Waals surface area contributed by atoms with Crippen LogP contribution in [0.25, 0.3) is 0 Å². The summed E-state index contributed by atoms with van der Waals surface area (Å²) < 4.78 is 0. The van der Waals surface area contributed by atoms with Crippen LogP contribution in [0.5, 0.6) is 0 Å². The predicted molar refractivity (Wildman–Crippen MR) is 87.1 cm³/mol. The van der Waals surface area contributed by atoms with Gasteiger partial charge in [-0.15, -0.1) is 0 Å². The molecule has 0 aliphatic carbocycles. The molecule has 0 spiro atoms. The van der Waals surface area contributed by atoms with Crippen molar-refractivity contribution in [1.82, 2.24) is 4.90 Å². The summed E-state index contributed by atoms with van der Waals surface area (Å²) in [5.74, 6) is 0. The van der Waals surface area contributed by atoms with Crippen molar-refractivity contribution in [2.45, 2.75) is 65.5 Å². The summed E-state index contributed by atoms with van der Waals surface area (Å²) in [5, 5.41) is 0. The van der Waals surface area contributed by atoms with Gasteiger partial charge in [-0.05, 0) is 76.7 Å². The molecule has 1 aromatic carbocycles. The lowest BCUT2D eigenvalue weighted by Crippen LogP contribution is -2.42. The monoisotopic (exact) mass is 274 g/mol. The van der Waals surface area contributed by atoms with Crippen LogP contribution in [0.3, 0.4) is 0 Å². The van der Waals surface area contributed by atoms with Crippen molar-refractivity contribution >= 4 is 0 Å². The van der Waals surface area contributed by atoms with Crippen molar-refractivity contribution in [2.24, 2.45) is 5.73 Å². The topological polar surface area (TPSA) is 29.3 Å². The van der Waals surface area contributed by atoms with Gasteiger partial charge in [-0.3, -0.25) is 4.90 Å². The van der Waals surface area contributed by atoms with Gasteiger partial charge in [0, 0.05) is 12.1 Å². The minimum atomic E-state index is 0.507. The number of nitrogens with zero attached hydrogens (tertiary/aromatic N) is 1. The first-order valence-corrected chi connectivity index (χ1v) is 8.08. The lowest BCUT2D eigenvalue weighted by Gasteiger charge is -2.41. The zero-order valence-corrected chi connectivity index (χ0v) is 13.6. The summed E-state index contributed by atoms with van der Waals surface area (Å²) >= 11 is 0. The zero-order valence-electron chi connectivity index (χ0n) is 13.6. The molecule has 0 amide bonds. The van der Waals surface area contributed by atoms with Gasteiger partial charge in [0.25, 0.3) is 0 Å². The molecule has 2 N–H and O–H groups in total. The van der Waals surface area contributed by atoms with Gasteiger partial charge in [0.15, 0.2) is 0 Å². The number of benzene rings is 1. The van der Waals surface area contributed by atoms with Crippen molar-refractivity contribution in [3.8, 4) is 0 Å². The molecule has 0 aromatic heterocycles. The molecule has 20 heavy (non-hydrogen) atoms. The number of hydrogen-bond acceptors (Lipinski definition) is 2. The van der Waals surface area contributed by atoms with E-state index in [2.05, 4.69) is 44.7 Å². The van der Waals surface area contributed by atoms with Gasteiger partial charge in [0.2, 0.25) is 0 Å². The Balaban J connectivity index is 2.27. The van der Waals surface area contributed by atoms with Gasteiger partial charge in [-0.25, -0.2) is 0 Å². The number of piperidine rings is 1. The SMILES string of the molecule is Cc1cc(C)c(C(C)N2CCCCC2CCN)c(C)c1. The van der Waals surface area contributed by atoms with E-state index in [4.69, 9.17) is 5.73 Å². The molecule has 0 bridgehead atoms. The van der Waals surface area contributed by atoms with Gasteiger partial charge < -0.3 is 5.73 Å². The number of hydrogen-bond donors (Lipinski definition) is 1. The Morgan fingerprint density at radius 3 is 2.45 bits per heavy atom. The Morgan fingerprint density at radius 2 is 1.85 bits per heavy atom. The third-order valence-electron chi connectivity index (χ3n) is 4.83. The second kappa shape index (κ2) is 6.73. The quantitative estimate of drug-likeness (QED) is 0.903. The average molecular weight is 274 g/mol. The molecule has 0 radical (unpaired) electrons. The van der Waals surface area contributed by atoms with E-state index < -0.39 is 0 Å². The molecule has 2 unspecified atom stereocenters. The molecule has 1 heterocycles. The van der Waals surface area contributed by atoms with Gasteiger partial charge in [0.05, 0.1) is 0 Å². The summed E-state index contributed by atoms with van der Waals surface area (Å²) in [4.78, 5) is 2.70. The van der Waals surface area contributed by atoms with Crippen molar-refractivity contribution < 1.29 is 0 Å². The molecule has 112 valence electrons. The van der Waals surface area contributed by atoms with Crippen molar-refractivity contribution in [3.05, 3.63) is 34.4 Å². The van der Waals surface area contributed by atoms with Crippen molar-refractivity contribution in [2.75, 3.05) is 13.1 Å². The summed E-state index contributed by atoms with van der Waals surface area (Å²) in [6.07, 6.45) is 5.13. The van der Waals surface area contributed by atoms with E-state index in [0.717, 1.165) is 13.0 Å². The van der Waals surface area contributed by atoms with Crippen LogP contribution in [0.1, 0.15) is 60.9 Å². The van der Waals surface area contributed by atoms with Crippen LogP contribution >= 0.6 is 0 Å². The van der Waals surface area contributed by atoms with Crippen molar-refractivity contribution in [3.63, 3.8) is 0 Å². The molecule has 1 aromatic rings. The van der Waals surface area contributed by atoms with E-state index in [1.54, 1.807) is 0 Å². The minimum Gasteiger partial charge on any atom is -0.330 e. The number of nitrogens with two attached hydrogens (primary N) is 1. The molecular formula is C18H30N2. The minimum absolute atomic E-state index is 0.507. The van der Waals surface area contributed by atoms with Gasteiger partial charge in [-0.2, -0.15) is 0 Å². The van der Waals surface area contributed by atoms with E-state index >= 15 is 0 Å². The maximum Gasteiger partial charge on any atom is 0.0328 e.